The second-order valence-corrected chi connectivity index (χ2v) is 6.42. The van der Waals surface area contributed by atoms with Crippen molar-refractivity contribution in [3.63, 3.8) is 0 Å². The zero-order valence-electron chi connectivity index (χ0n) is 16.3. The van der Waals surface area contributed by atoms with E-state index in [2.05, 4.69) is 5.32 Å². The van der Waals surface area contributed by atoms with Crippen molar-refractivity contribution in [2.75, 3.05) is 12.3 Å². The van der Waals surface area contributed by atoms with Gasteiger partial charge in [-0.25, -0.2) is 4.79 Å². The van der Waals surface area contributed by atoms with Gasteiger partial charge in [-0.1, -0.05) is 30.3 Å². The number of ketones is 1. The minimum atomic E-state index is -0.868. The molecule has 154 valence electrons. The molecule has 0 saturated carbocycles. The first-order chi connectivity index (χ1) is 13.6. The van der Waals surface area contributed by atoms with Crippen LogP contribution in [0.3, 0.4) is 0 Å². The van der Waals surface area contributed by atoms with Crippen molar-refractivity contribution in [1.29, 1.82) is 0 Å². The number of amides is 1. The van der Waals surface area contributed by atoms with Crippen LogP contribution in [0.5, 0.6) is 0 Å². The smallest absolute Gasteiger partial charge is 0.332 e. The number of nitrogens with two attached hydrogens (primary N) is 1. The number of rotatable bonds is 7. The van der Waals surface area contributed by atoms with Crippen LogP contribution in [0.25, 0.3) is 0 Å². The van der Waals surface area contributed by atoms with Gasteiger partial charge >= 0.3 is 11.7 Å². The van der Waals surface area contributed by atoms with Gasteiger partial charge < -0.3 is 15.8 Å². The molecule has 29 heavy (non-hydrogen) atoms. The summed E-state index contributed by atoms with van der Waals surface area (Å²) in [6.07, 6.45) is -0.211. The highest BCUT2D eigenvalue weighted by atomic mass is 16.5. The van der Waals surface area contributed by atoms with Crippen LogP contribution in [-0.2, 0) is 28.4 Å². The predicted octanol–water partition coefficient (Wildman–Crippen LogP) is -0.340. The second-order valence-electron chi connectivity index (χ2n) is 6.42. The first-order valence-electron chi connectivity index (χ1n) is 8.69. The molecule has 0 bridgehead atoms. The highest BCUT2D eigenvalue weighted by Gasteiger charge is 2.23. The van der Waals surface area contributed by atoms with Crippen LogP contribution < -0.4 is 22.3 Å². The minimum Gasteiger partial charge on any atom is -0.457 e. The van der Waals surface area contributed by atoms with Gasteiger partial charge in [-0.3, -0.25) is 28.3 Å². The molecule has 10 nitrogen and oxygen atoms in total. The van der Waals surface area contributed by atoms with Crippen molar-refractivity contribution in [3.05, 3.63) is 62.3 Å². The van der Waals surface area contributed by atoms with E-state index in [1.807, 2.05) is 0 Å². The number of nitrogens with zero attached hydrogens (tertiary/aromatic N) is 2. The van der Waals surface area contributed by atoms with Gasteiger partial charge in [-0.2, -0.15) is 0 Å². The summed E-state index contributed by atoms with van der Waals surface area (Å²) in [6.45, 7) is 0.598. The monoisotopic (exact) mass is 402 g/mol. The van der Waals surface area contributed by atoms with Crippen LogP contribution in [0, 0.1) is 0 Å². The zero-order valence-corrected chi connectivity index (χ0v) is 16.3. The second kappa shape index (κ2) is 9.00. The number of anilines is 1. The summed E-state index contributed by atoms with van der Waals surface area (Å²) >= 11 is 0. The molecule has 1 aromatic heterocycles. The molecule has 1 aromatic carbocycles. The highest BCUT2D eigenvalue weighted by Crippen LogP contribution is 2.17. The van der Waals surface area contributed by atoms with Gasteiger partial charge in [0.2, 0.25) is 11.7 Å². The van der Waals surface area contributed by atoms with E-state index in [-0.39, 0.29) is 18.1 Å². The summed E-state index contributed by atoms with van der Waals surface area (Å²) in [5, 5.41) is 2.65. The summed E-state index contributed by atoms with van der Waals surface area (Å²) in [5.74, 6) is -2.22. The summed E-state index contributed by atoms with van der Waals surface area (Å²) in [5.41, 5.74) is 4.44. The van der Waals surface area contributed by atoms with Crippen molar-refractivity contribution < 1.29 is 19.1 Å². The lowest BCUT2D eigenvalue weighted by atomic mass is 10.0. The Morgan fingerprint density at radius 1 is 1.10 bits per heavy atom. The van der Waals surface area contributed by atoms with Crippen LogP contribution in [0.2, 0.25) is 0 Å². The van der Waals surface area contributed by atoms with Gasteiger partial charge in [0.1, 0.15) is 11.4 Å². The quantitative estimate of drug-likeness (QED) is 0.476. The largest absolute Gasteiger partial charge is 0.457 e. The number of ether oxygens (including phenoxy) is 1. The number of hydrogen-bond acceptors (Lipinski definition) is 7. The number of nitrogens with one attached hydrogen (secondary N) is 1. The van der Waals surface area contributed by atoms with E-state index in [4.69, 9.17) is 10.5 Å². The molecule has 1 atom stereocenters. The van der Waals surface area contributed by atoms with Crippen molar-refractivity contribution in [1.82, 2.24) is 14.5 Å². The molecule has 0 aliphatic rings. The third-order valence-electron chi connectivity index (χ3n) is 4.30. The van der Waals surface area contributed by atoms with E-state index in [0.29, 0.717) is 5.56 Å². The number of carbonyl (C=O) groups is 3. The van der Waals surface area contributed by atoms with E-state index in [1.54, 1.807) is 30.3 Å². The fraction of sp³-hybridized carbons (Fsp3) is 0.316. The minimum absolute atomic E-state index is 0.211. The number of esters is 1. The maximum Gasteiger partial charge on any atom is 0.332 e. The van der Waals surface area contributed by atoms with Crippen LogP contribution in [-0.4, -0.2) is 33.4 Å². The molecule has 2 rings (SSSR count). The number of aromatic nitrogens is 2. The van der Waals surface area contributed by atoms with Crippen molar-refractivity contribution in [2.45, 2.75) is 19.4 Å². The normalized spacial score (nSPS) is 11.6. The first kappa shape index (κ1) is 21.6. The maximum absolute atomic E-state index is 12.4. The number of benzene rings is 1. The Bertz CT molecular complexity index is 1050. The number of nitrogen functional groups attached to an aromatic ring is 1. The van der Waals surface area contributed by atoms with Gasteiger partial charge in [-0.05, 0) is 5.56 Å². The molecule has 0 spiro atoms. The summed E-state index contributed by atoms with van der Waals surface area (Å²) in [4.78, 5) is 60.0. The zero-order chi connectivity index (χ0) is 21.7. The SMILES string of the molecule is CC(=O)N[C@@H](CC(=O)OCC(=O)c1c(N)n(C)c(=O)n(C)c1=O)c1ccccc1. The molecule has 0 unspecified atom stereocenters. The van der Waals surface area contributed by atoms with E-state index >= 15 is 0 Å². The van der Waals surface area contributed by atoms with Crippen molar-refractivity contribution in [2.24, 2.45) is 14.1 Å². The van der Waals surface area contributed by atoms with Gasteiger partial charge in [0, 0.05) is 21.0 Å². The fourth-order valence-electron chi connectivity index (χ4n) is 2.75. The molecule has 0 aliphatic heterocycles. The molecule has 10 heteroatoms. The topological polar surface area (TPSA) is 142 Å². The molecule has 0 saturated heterocycles. The average molecular weight is 402 g/mol. The molecular weight excluding hydrogens is 380 g/mol. The van der Waals surface area contributed by atoms with E-state index in [0.717, 1.165) is 9.13 Å². The van der Waals surface area contributed by atoms with Crippen LogP contribution in [0.15, 0.2) is 39.9 Å². The van der Waals surface area contributed by atoms with Gasteiger partial charge in [0.05, 0.1) is 12.5 Å². The number of hydrogen-bond donors (Lipinski definition) is 2. The third kappa shape index (κ3) is 4.98. The fourth-order valence-corrected chi connectivity index (χ4v) is 2.75. The average Bonchev–Trinajstić information content (AvgIpc) is 2.69. The number of Topliss-reactive ketones (excluding diaryl/α,β-unsaturated/α-hetero) is 1. The van der Waals surface area contributed by atoms with Crippen LogP contribution in [0.1, 0.15) is 35.3 Å². The Morgan fingerprint density at radius 2 is 1.72 bits per heavy atom. The summed E-state index contributed by atoms with van der Waals surface area (Å²) in [6, 6.07) is 8.17. The van der Waals surface area contributed by atoms with Crippen LogP contribution >= 0.6 is 0 Å². The highest BCUT2D eigenvalue weighted by molar-refractivity contribution is 6.01. The molecule has 0 fully saturated rings. The molecule has 2 aromatic rings. The maximum atomic E-state index is 12.4. The molecule has 0 aliphatic carbocycles. The lowest BCUT2D eigenvalue weighted by Gasteiger charge is -2.17. The van der Waals surface area contributed by atoms with Gasteiger partial charge in [0.15, 0.2) is 6.61 Å². The molecule has 0 radical (unpaired) electrons. The van der Waals surface area contributed by atoms with Crippen molar-refractivity contribution >= 4 is 23.5 Å². The molecular formula is C19H22N4O6. The summed E-state index contributed by atoms with van der Waals surface area (Å²) < 4.78 is 6.68. The lowest BCUT2D eigenvalue weighted by Crippen LogP contribution is -2.42. The Kier molecular flexibility index (Phi) is 6.71. The third-order valence-corrected chi connectivity index (χ3v) is 4.30. The molecule has 1 amide bonds. The lowest BCUT2D eigenvalue weighted by molar-refractivity contribution is -0.143. The van der Waals surface area contributed by atoms with Crippen molar-refractivity contribution in [3.8, 4) is 0 Å². The Labute approximate surface area is 165 Å². The van der Waals surface area contributed by atoms with Gasteiger partial charge in [0.25, 0.3) is 5.56 Å². The molecule has 1 heterocycles. The van der Waals surface area contributed by atoms with E-state index in [9.17, 15) is 24.0 Å². The number of carbonyl (C=O) groups excluding carboxylic acids is 3. The summed E-state index contributed by atoms with van der Waals surface area (Å²) in [7, 11) is 2.53. The van der Waals surface area contributed by atoms with Gasteiger partial charge in [-0.15, -0.1) is 0 Å². The van der Waals surface area contributed by atoms with Crippen LogP contribution in [0.4, 0.5) is 5.82 Å². The Morgan fingerprint density at radius 3 is 2.31 bits per heavy atom. The standard InChI is InChI=1S/C19H22N4O6/c1-11(24)21-13(12-7-5-4-6-8-12)9-15(26)29-10-14(25)16-17(20)22(2)19(28)23(3)18(16)27/h4-8,13H,9-10,20H2,1-3H3,(H,21,24)/t13-/m0/s1. The molecule has 3 N–H and O–H groups in total. The predicted molar refractivity (Wildman–Crippen MR) is 104 cm³/mol. The first-order valence-corrected chi connectivity index (χ1v) is 8.69. The van der Waals surface area contributed by atoms with E-state index < -0.39 is 41.2 Å². The Hall–Kier alpha value is -3.69. The van der Waals surface area contributed by atoms with E-state index in [1.165, 1.54) is 21.0 Å². The Balaban J connectivity index is 2.12.